The first-order valence-corrected chi connectivity index (χ1v) is 9.13. The van der Waals surface area contributed by atoms with Crippen LogP contribution >= 0.6 is 0 Å². The van der Waals surface area contributed by atoms with Crippen molar-refractivity contribution in [1.29, 1.82) is 0 Å². The number of hydrogen-bond acceptors (Lipinski definition) is 6. The van der Waals surface area contributed by atoms with Gasteiger partial charge in [0.2, 0.25) is 0 Å². The fourth-order valence-corrected chi connectivity index (χ4v) is 2.74. The van der Waals surface area contributed by atoms with E-state index in [1.165, 1.54) is 0 Å². The molecule has 0 aliphatic carbocycles. The average molecular weight is 376 g/mol. The number of benzene rings is 1. The first-order valence-electron chi connectivity index (χ1n) is 9.13. The molecular formula is C21H24N6O. The van der Waals surface area contributed by atoms with Crippen molar-refractivity contribution in [3.63, 3.8) is 0 Å². The molecule has 0 saturated heterocycles. The lowest BCUT2D eigenvalue weighted by Gasteiger charge is -2.09. The Bertz CT molecular complexity index is 918. The van der Waals surface area contributed by atoms with Crippen molar-refractivity contribution in [1.82, 2.24) is 20.5 Å². The van der Waals surface area contributed by atoms with Crippen LogP contribution in [0.2, 0.25) is 0 Å². The van der Waals surface area contributed by atoms with Crippen molar-refractivity contribution in [3.05, 3.63) is 70.9 Å². The minimum absolute atomic E-state index is 0.0789. The second-order valence-corrected chi connectivity index (χ2v) is 6.71. The highest BCUT2D eigenvalue weighted by Gasteiger charge is 2.06. The molecule has 0 spiro atoms. The summed E-state index contributed by atoms with van der Waals surface area (Å²) in [5.74, 6) is 1.90. The lowest BCUT2D eigenvalue weighted by Crippen LogP contribution is -2.29. The number of amides is 1. The van der Waals surface area contributed by atoms with Crippen molar-refractivity contribution in [3.8, 4) is 0 Å². The fourth-order valence-electron chi connectivity index (χ4n) is 2.74. The number of pyridine rings is 1. The van der Waals surface area contributed by atoms with Crippen LogP contribution in [0, 0.1) is 20.8 Å². The third-order valence-corrected chi connectivity index (χ3v) is 4.03. The zero-order valence-corrected chi connectivity index (χ0v) is 16.3. The molecule has 3 rings (SSSR count). The zero-order chi connectivity index (χ0) is 19.9. The molecule has 3 N–H and O–H groups in total. The van der Waals surface area contributed by atoms with Gasteiger partial charge in [-0.2, -0.15) is 0 Å². The molecule has 0 bridgehead atoms. The molecule has 0 saturated carbocycles. The molecule has 2 heterocycles. The molecular weight excluding hydrogens is 352 g/mol. The number of aromatic nitrogens is 3. The van der Waals surface area contributed by atoms with Crippen LogP contribution < -0.4 is 16.0 Å². The topological polar surface area (TPSA) is 91.8 Å². The predicted octanol–water partition coefficient (Wildman–Crippen LogP) is 3.38. The molecule has 3 aromatic rings. The maximum Gasteiger partial charge on any atom is 0.251 e. The standard InChI is InChI=1S/C21H24N6O/c1-14-4-5-18(24-13-14)25-20-7-6-19(26-27-20)22-8-9-23-21(28)17-11-15(2)10-16(3)12-17/h4-7,10-13H,8-9H2,1-3H3,(H,22,26)(H,23,28)(H,24,25,27). The number of hydrogen-bond donors (Lipinski definition) is 3. The van der Waals surface area contributed by atoms with Crippen LogP contribution in [0.15, 0.2) is 48.7 Å². The normalized spacial score (nSPS) is 10.4. The fraction of sp³-hybridized carbons (Fsp3) is 0.238. The highest BCUT2D eigenvalue weighted by Crippen LogP contribution is 2.12. The molecule has 0 unspecified atom stereocenters. The average Bonchev–Trinajstić information content (AvgIpc) is 2.67. The van der Waals surface area contributed by atoms with Gasteiger partial charge in [-0.25, -0.2) is 4.98 Å². The molecule has 1 aromatic carbocycles. The van der Waals surface area contributed by atoms with Gasteiger partial charge in [-0.3, -0.25) is 4.79 Å². The lowest BCUT2D eigenvalue weighted by atomic mass is 10.1. The zero-order valence-electron chi connectivity index (χ0n) is 16.3. The minimum Gasteiger partial charge on any atom is -0.367 e. The Morgan fingerprint density at radius 3 is 2.14 bits per heavy atom. The minimum atomic E-state index is -0.0789. The van der Waals surface area contributed by atoms with Crippen LogP contribution in [0.1, 0.15) is 27.0 Å². The SMILES string of the molecule is Cc1ccc(Nc2ccc(NCCNC(=O)c3cc(C)cc(C)c3)nn2)nc1. The van der Waals surface area contributed by atoms with Gasteiger partial charge in [-0.15, -0.1) is 10.2 Å². The number of carbonyl (C=O) groups is 1. The number of aryl methyl sites for hydroxylation is 3. The Hall–Kier alpha value is -3.48. The Kier molecular flexibility index (Phi) is 6.16. The van der Waals surface area contributed by atoms with Crippen molar-refractivity contribution < 1.29 is 4.79 Å². The number of nitrogens with one attached hydrogen (secondary N) is 3. The summed E-state index contributed by atoms with van der Waals surface area (Å²) in [6.07, 6.45) is 1.79. The number of nitrogens with zero attached hydrogens (tertiary/aromatic N) is 3. The van der Waals surface area contributed by atoms with Gasteiger partial charge in [0.1, 0.15) is 11.6 Å². The van der Waals surface area contributed by atoms with Gasteiger partial charge in [0, 0.05) is 24.8 Å². The van der Waals surface area contributed by atoms with E-state index in [0.29, 0.717) is 30.3 Å². The van der Waals surface area contributed by atoms with E-state index in [4.69, 9.17) is 0 Å². The Balaban J connectivity index is 1.44. The van der Waals surface area contributed by atoms with Gasteiger partial charge in [0.15, 0.2) is 5.82 Å². The maximum absolute atomic E-state index is 12.2. The van der Waals surface area contributed by atoms with Gasteiger partial charge >= 0.3 is 0 Å². The largest absolute Gasteiger partial charge is 0.367 e. The summed E-state index contributed by atoms with van der Waals surface area (Å²) in [5.41, 5.74) is 3.93. The lowest BCUT2D eigenvalue weighted by molar-refractivity contribution is 0.0955. The Morgan fingerprint density at radius 2 is 1.50 bits per heavy atom. The highest BCUT2D eigenvalue weighted by molar-refractivity contribution is 5.94. The first-order chi connectivity index (χ1) is 13.5. The summed E-state index contributed by atoms with van der Waals surface area (Å²) in [6, 6.07) is 13.3. The van der Waals surface area contributed by atoms with E-state index in [1.54, 1.807) is 6.20 Å². The Morgan fingerprint density at radius 1 is 0.821 bits per heavy atom. The van der Waals surface area contributed by atoms with Crippen molar-refractivity contribution in [2.75, 3.05) is 23.7 Å². The molecule has 7 heteroatoms. The molecule has 0 fully saturated rings. The summed E-state index contributed by atoms with van der Waals surface area (Å²) in [7, 11) is 0. The molecule has 0 atom stereocenters. The van der Waals surface area contributed by atoms with Crippen LogP contribution in [0.3, 0.4) is 0 Å². The molecule has 2 aromatic heterocycles. The van der Waals surface area contributed by atoms with Crippen LogP contribution in [-0.2, 0) is 0 Å². The molecule has 0 aliphatic rings. The second-order valence-electron chi connectivity index (χ2n) is 6.71. The van der Waals surface area contributed by atoms with Crippen LogP contribution in [0.5, 0.6) is 0 Å². The van der Waals surface area contributed by atoms with Crippen molar-refractivity contribution in [2.45, 2.75) is 20.8 Å². The second kappa shape index (κ2) is 8.94. The highest BCUT2D eigenvalue weighted by atomic mass is 16.1. The van der Waals surface area contributed by atoms with Gasteiger partial charge in [-0.1, -0.05) is 23.3 Å². The van der Waals surface area contributed by atoms with E-state index in [0.717, 1.165) is 22.5 Å². The third kappa shape index (κ3) is 5.51. The third-order valence-electron chi connectivity index (χ3n) is 4.03. The summed E-state index contributed by atoms with van der Waals surface area (Å²) in [4.78, 5) is 16.5. The van der Waals surface area contributed by atoms with Gasteiger partial charge < -0.3 is 16.0 Å². The molecule has 144 valence electrons. The molecule has 28 heavy (non-hydrogen) atoms. The smallest absolute Gasteiger partial charge is 0.251 e. The van der Waals surface area contributed by atoms with E-state index in [2.05, 4.69) is 31.1 Å². The number of anilines is 3. The van der Waals surface area contributed by atoms with Crippen LogP contribution in [0.25, 0.3) is 0 Å². The van der Waals surface area contributed by atoms with Gasteiger partial charge in [0.25, 0.3) is 5.91 Å². The number of carbonyl (C=O) groups excluding carboxylic acids is 1. The first kappa shape index (κ1) is 19.3. The summed E-state index contributed by atoms with van der Waals surface area (Å²) in [6.45, 7) is 6.99. The van der Waals surface area contributed by atoms with Gasteiger partial charge in [0.05, 0.1) is 0 Å². The monoisotopic (exact) mass is 376 g/mol. The molecule has 0 aliphatic heterocycles. The van der Waals surface area contributed by atoms with E-state index < -0.39 is 0 Å². The summed E-state index contributed by atoms with van der Waals surface area (Å²) < 4.78 is 0. The molecule has 1 amide bonds. The van der Waals surface area contributed by atoms with Gasteiger partial charge in [-0.05, 0) is 56.7 Å². The predicted molar refractivity (Wildman–Crippen MR) is 111 cm³/mol. The number of rotatable bonds is 7. The van der Waals surface area contributed by atoms with Crippen LogP contribution in [0.4, 0.5) is 17.5 Å². The molecule has 7 nitrogen and oxygen atoms in total. The van der Waals surface area contributed by atoms with E-state index in [9.17, 15) is 4.79 Å². The quantitative estimate of drug-likeness (QED) is 0.548. The van der Waals surface area contributed by atoms with Crippen LogP contribution in [-0.4, -0.2) is 34.2 Å². The van der Waals surface area contributed by atoms with E-state index in [-0.39, 0.29) is 5.91 Å². The summed E-state index contributed by atoms with van der Waals surface area (Å²) in [5, 5.41) is 17.4. The van der Waals surface area contributed by atoms with E-state index >= 15 is 0 Å². The van der Waals surface area contributed by atoms with Crippen molar-refractivity contribution in [2.24, 2.45) is 0 Å². The summed E-state index contributed by atoms with van der Waals surface area (Å²) >= 11 is 0. The maximum atomic E-state index is 12.2. The van der Waals surface area contributed by atoms with Crippen molar-refractivity contribution >= 4 is 23.4 Å². The molecule has 0 radical (unpaired) electrons. The Labute approximate surface area is 164 Å². The van der Waals surface area contributed by atoms with E-state index in [1.807, 2.05) is 63.2 Å².